The van der Waals surface area contributed by atoms with E-state index in [4.69, 9.17) is 0 Å². The molecule has 0 heterocycles. The largest absolute Gasteiger partial charge is 0.0622 e. The van der Waals surface area contributed by atoms with Gasteiger partial charge in [0, 0.05) is 5.41 Å². The Morgan fingerprint density at radius 3 is 1.98 bits per heavy atom. The third kappa shape index (κ3) is 3.02. The van der Waals surface area contributed by atoms with E-state index in [0.717, 1.165) is 0 Å². The van der Waals surface area contributed by atoms with E-state index in [1.54, 1.807) is 0 Å². The van der Waals surface area contributed by atoms with Crippen molar-refractivity contribution in [2.75, 3.05) is 0 Å². The Hall–Kier alpha value is -5.46. The zero-order chi connectivity index (χ0) is 29.0. The topological polar surface area (TPSA) is 0 Å². The molecule has 0 N–H and O–H groups in total. The summed E-state index contributed by atoms with van der Waals surface area (Å²) in [6.07, 6.45) is 0. The first kappa shape index (κ1) is 24.0. The number of benzene rings is 8. The summed E-state index contributed by atoms with van der Waals surface area (Å²) in [5.74, 6) is 0. The molecular formula is C44H28. The van der Waals surface area contributed by atoms with Crippen LogP contribution in [0.2, 0.25) is 0 Å². The lowest BCUT2D eigenvalue weighted by molar-refractivity contribution is 0.715. The first-order valence-corrected chi connectivity index (χ1v) is 15.5. The van der Waals surface area contributed by atoms with Crippen LogP contribution in [0.25, 0.3) is 76.8 Å². The van der Waals surface area contributed by atoms with Crippen molar-refractivity contribution in [1.29, 1.82) is 0 Å². The van der Waals surface area contributed by atoms with Crippen LogP contribution in [0.1, 0.15) is 23.6 Å². The molecule has 1 atom stereocenters. The lowest BCUT2D eigenvalue weighted by Gasteiger charge is -2.28. The van der Waals surface area contributed by atoms with E-state index in [9.17, 15) is 0 Å². The van der Waals surface area contributed by atoms with Gasteiger partial charge in [-0.3, -0.25) is 0 Å². The summed E-state index contributed by atoms with van der Waals surface area (Å²) in [6.45, 7) is 2.40. The van der Waals surface area contributed by atoms with Crippen molar-refractivity contribution in [2.24, 2.45) is 0 Å². The highest BCUT2D eigenvalue weighted by Crippen LogP contribution is 2.55. The molecule has 8 aromatic carbocycles. The van der Waals surface area contributed by atoms with Crippen molar-refractivity contribution in [3.8, 4) is 44.5 Å². The van der Waals surface area contributed by atoms with Gasteiger partial charge in [0.15, 0.2) is 0 Å². The molecular weight excluding hydrogens is 528 g/mol. The minimum absolute atomic E-state index is 0.213. The van der Waals surface area contributed by atoms with Gasteiger partial charge in [0.05, 0.1) is 0 Å². The number of hydrogen-bond acceptors (Lipinski definition) is 0. The Morgan fingerprint density at radius 1 is 0.386 bits per heavy atom. The van der Waals surface area contributed by atoms with E-state index < -0.39 is 0 Å². The molecule has 0 spiro atoms. The highest BCUT2D eigenvalue weighted by atomic mass is 14.4. The fourth-order valence-corrected chi connectivity index (χ4v) is 8.38. The average Bonchev–Trinajstić information content (AvgIpc) is 3.53. The van der Waals surface area contributed by atoms with E-state index in [1.165, 1.54) is 93.5 Å². The molecule has 0 radical (unpaired) electrons. The second-order valence-electron chi connectivity index (χ2n) is 12.6. The van der Waals surface area contributed by atoms with Crippen molar-refractivity contribution in [3.63, 3.8) is 0 Å². The fourth-order valence-electron chi connectivity index (χ4n) is 8.38. The smallest absolute Gasteiger partial charge is 0.0435 e. The SMILES string of the molecule is CC1(c2ccccc2)c2ccccc2-c2cc3ccc(-c4c5c(cc6ccccc46)-c4cccc6cccc-5c46)cc3cc21. The van der Waals surface area contributed by atoms with Gasteiger partial charge in [-0.25, -0.2) is 0 Å². The van der Waals surface area contributed by atoms with Crippen molar-refractivity contribution >= 4 is 32.3 Å². The van der Waals surface area contributed by atoms with E-state index in [-0.39, 0.29) is 5.41 Å². The van der Waals surface area contributed by atoms with Gasteiger partial charge < -0.3 is 0 Å². The molecule has 0 saturated carbocycles. The van der Waals surface area contributed by atoms with Gasteiger partial charge in [0.1, 0.15) is 0 Å². The molecule has 0 heteroatoms. The molecule has 0 nitrogen and oxygen atoms in total. The number of fused-ring (bicyclic) bond motifs is 8. The molecule has 0 bridgehead atoms. The second kappa shape index (κ2) is 8.56. The van der Waals surface area contributed by atoms with Crippen molar-refractivity contribution in [3.05, 3.63) is 168 Å². The van der Waals surface area contributed by atoms with Crippen LogP contribution in [-0.2, 0) is 5.41 Å². The summed E-state index contributed by atoms with van der Waals surface area (Å²) >= 11 is 0. The van der Waals surface area contributed by atoms with E-state index in [2.05, 4.69) is 159 Å². The number of hydrogen-bond donors (Lipinski definition) is 0. The molecule has 8 aromatic rings. The van der Waals surface area contributed by atoms with Crippen molar-refractivity contribution < 1.29 is 0 Å². The van der Waals surface area contributed by atoms with E-state index in [0.29, 0.717) is 0 Å². The quantitative estimate of drug-likeness (QED) is 0.199. The fraction of sp³-hybridized carbons (Fsp3) is 0.0455. The van der Waals surface area contributed by atoms with E-state index >= 15 is 0 Å². The zero-order valence-electron chi connectivity index (χ0n) is 24.4. The minimum atomic E-state index is -0.213. The van der Waals surface area contributed by atoms with Crippen LogP contribution in [0.3, 0.4) is 0 Å². The van der Waals surface area contributed by atoms with Gasteiger partial charge in [0.25, 0.3) is 0 Å². The van der Waals surface area contributed by atoms with Crippen LogP contribution >= 0.6 is 0 Å². The zero-order valence-corrected chi connectivity index (χ0v) is 24.4. The van der Waals surface area contributed by atoms with Crippen LogP contribution in [0.4, 0.5) is 0 Å². The molecule has 204 valence electrons. The van der Waals surface area contributed by atoms with Crippen molar-refractivity contribution in [2.45, 2.75) is 12.3 Å². The summed E-state index contributed by atoms with van der Waals surface area (Å²) in [5, 5.41) is 7.83. The Kier molecular flexibility index (Phi) is 4.67. The van der Waals surface area contributed by atoms with Gasteiger partial charge in [-0.1, -0.05) is 127 Å². The Labute approximate surface area is 256 Å². The first-order valence-electron chi connectivity index (χ1n) is 15.5. The average molecular weight is 557 g/mol. The summed E-state index contributed by atoms with van der Waals surface area (Å²) in [4.78, 5) is 0. The summed E-state index contributed by atoms with van der Waals surface area (Å²) in [5.41, 5.74) is 14.6. The van der Waals surface area contributed by atoms with E-state index in [1.807, 2.05) is 0 Å². The third-order valence-corrected chi connectivity index (χ3v) is 10.4. The first-order chi connectivity index (χ1) is 21.7. The molecule has 1 unspecified atom stereocenters. The predicted molar refractivity (Wildman–Crippen MR) is 186 cm³/mol. The number of rotatable bonds is 2. The van der Waals surface area contributed by atoms with Crippen LogP contribution in [0, 0.1) is 0 Å². The monoisotopic (exact) mass is 556 g/mol. The predicted octanol–water partition coefficient (Wildman–Crippen LogP) is 11.8. The van der Waals surface area contributed by atoms with Crippen LogP contribution in [-0.4, -0.2) is 0 Å². The molecule has 0 fully saturated rings. The Bertz CT molecular complexity index is 2490. The third-order valence-electron chi connectivity index (χ3n) is 10.4. The normalized spacial score (nSPS) is 15.9. The van der Waals surface area contributed by atoms with Gasteiger partial charge >= 0.3 is 0 Å². The maximum absolute atomic E-state index is 2.47. The second-order valence-corrected chi connectivity index (χ2v) is 12.6. The summed E-state index contributed by atoms with van der Waals surface area (Å²) < 4.78 is 0. The molecule has 44 heavy (non-hydrogen) atoms. The van der Waals surface area contributed by atoms with Crippen LogP contribution in [0.5, 0.6) is 0 Å². The van der Waals surface area contributed by atoms with Crippen molar-refractivity contribution in [1.82, 2.24) is 0 Å². The minimum Gasteiger partial charge on any atom is -0.0622 e. The summed E-state index contributed by atoms with van der Waals surface area (Å²) in [7, 11) is 0. The van der Waals surface area contributed by atoms with Gasteiger partial charge in [0.2, 0.25) is 0 Å². The molecule has 2 aliphatic rings. The molecule has 0 saturated heterocycles. The lowest BCUT2D eigenvalue weighted by Crippen LogP contribution is -2.22. The van der Waals surface area contributed by atoms with Gasteiger partial charge in [-0.05, 0) is 125 Å². The maximum atomic E-state index is 2.47. The molecule has 0 amide bonds. The van der Waals surface area contributed by atoms with Crippen LogP contribution in [0.15, 0.2) is 152 Å². The Morgan fingerprint density at radius 2 is 1.09 bits per heavy atom. The molecule has 0 aliphatic heterocycles. The Balaban J connectivity index is 1.27. The highest BCUT2D eigenvalue weighted by molar-refractivity contribution is 6.22. The lowest BCUT2D eigenvalue weighted by atomic mass is 9.74. The summed E-state index contributed by atoms with van der Waals surface area (Å²) in [6, 6.07) is 56.8. The highest BCUT2D eigenvalue weighted by Gasteiger charge is 2.40. The molecule has 2 aliphatic carbocycles. The maximum Gasteiger partial charge on any atom is 0.0435 e. The standard InChI is InChI=1S/C44H28/c1-44(32-14-3-2-4-15-32)39-20-8-7-17-34(39)37-24-28-21-22-30(23-31(28)26-40(37)44)42-33-16-6-5-11-29(33)25-38-35-18-9-12-27-13-10-19-36(41(27)35)43(38)42/h2-26H,1H3. The van der Waals surface area contributed by atoms with Gasteiger partial charge in [-0.15, -0.1) is 0 Å². The van der Waals surface area contributed by atoms with Crippen LogP contribution < -0.4 is 0 Å². The molecule has 0 aromatic heterocycles. The molecule has 10 rings (SSSR count). The van der Waals surface area contributed by atoms with Gasteiger partial charge in [-0.2, -0.15) is 0 Å².